The van der Waals surface area contributed by atoms with Gasteiger partial charge >= 0.3 is 0 Å². The van der Waals surface area contributed by atoms with E-state index < -0.39 is 0 Å². The average molecular weight is 283 g/mol. The molecule has 0 bridgehead atoms. The summed E-state index contributed by atoms with van der Waals surface area (Å²) >= 11 is 7.34. The van der Waals surface area contributed by atoms with Crippen LogP contribution in [0.3, 0.4) is 0 Å². The molecular weight excluding hydrogens is 268 g/mol. The number of ether oxygens (including phenoxy) is 1. The predicted molar refractivity (Wildman–Crippen MR) is 75.4 cm³/mol. The first-order valence-electron chi connectivity index (χ1n) is 5.66. The van der Waals surface area contributed by atoms with E-state index in [4.69, 9.17) is 16.3 Å². The first kappa shape index (κ1) is 13.3. The van der Waals surface area contributed by atoms with Crippen molar-refractivity contribution in [3.05, 3.63) is 45.4 Å². The van der Waals surface area contributed by atoms with Crippen molar-refractivity contribution in [2.75, 3.05) is 7.11 Å². The van der Waals surface area contributed by atoms with Crippen LogP contribution in [0.5, 0.6) is 5.75 Å². The van der Waals surface area contributed by atoms with Crippen LogP contribution in [-0.2, 0) is 6.54 Å². The molecule has 1 atom stereocenters. The lowest BCUT2D eigenvalue weighted by Crippen LogP contribution is -2.17. The summed E-state index contributed by atoms with van der Waals surface area (Å²) in [5, 5.41) is 4.41. The first-order chi connectivity index (χ1) is 8.69. The Morgan fingerprint density at radius 3 is 3.00 bits per heavy atom. The van der Waals surface area contributed by atoms with Crippen molar-refractivity contribution in [1.29, 1.82) is 0 Å². The summed E-state index contributed by atoms with van der Waals surface area (Å²) in [5.74, 6) is 0.874. The van der Waals surface area contributed by atoms with Crippen LogP contribution in [0.4, 0.5) is 0 Å². The Bertz CT molecular complexity index is 515. The monoisotopic (exact) mass is 282 g/mol. The molecule has 1 aromatic carbocycles. The number of hydrogen-bond acceptors (Lipinski definition) is 4. The van der Waals surface area contributed by atoms with Gasteiger partial charge in [-0.25, -0.2) is 4.98 Å². The van der Waals surface area contributed by atoms with E-state index in [1.807, 2.05) is 18.2 Å². The van der Waals surface area contributed by atoms with Crippen LogP contribution in [0.2, 0.25) is 4.34 Å². The standard InChI is InChI=1S/C13H15ClN2OS/c1-9(10-4-3-5-11(6-10)17-2)15-8-13-16-7-12(14)18-13/h3-7,9,15H,8H2,1-2H3. The van der Waals surface area contributed by atoms with E-state index in [9.17, 15) is 0 Å². The summed E-state index contributed by atoms with van der Waals surface area (Å²) < 4.78 is 5.94. The quantitative estimate of drug-likeness (QED) is 0.909. The second-order valence-corrected chi connectivity index (χ2v) is 5.68. The molecule has 96 valence electrons. The maximum absolute atomic E-state index is 5.84. The van der Waals surface area contributed by atoms with Crippen LogP contribution in [0.15, 0.2) is 30.5 Å². The minimum Gasteiger partial charge on any atom is -0.497 e. The predicted octanol–water partition coefficient (Wildman–Crippen LogP) is 3.66. The summed E-state index contributed by atoms with van der Waals surface area (Å²) in [6.07, 6.45) is 1.68. The molecule has 18 heavy (non-hydrogen) atoms. The fourth-order valence-electron chi connectivity index (χ4n) is 1.64. The van der Waals surface area contributed by atoms with Gasteiger partial charge in [-0.05, 0) is 24.6 Å². The van der Waals surface area contributed by atoms with Gasteiger partial charge in [0.2, 0.25) is 0 Å². The second kappa shape index (κ2) is 6.18. The summed E-state index contributed by atoms with van der Waals surface area (Å²) in [6.45, 7) is 2.83. The number of benzene rings is 1. The third-order valence-corrected chi connectivity index (χ3v) is 3.79. The van der Waals surface area contributed by atoms with E-state index in [-0.39, 0.29) is 6.04 Å². The molecule has 2 aromatic rings. The van der Waals surface area contributed by atoms with Gasteiger partial charge in [-0.3, -0.25) is 0 Å². The van der Waals surface area contributed by atoms with Crippen LogP contribution < -0.4 is 10.1 Å². The third kappa shape index (κ3) is 3.45. The van der Waals surface area contributed by atoms with Gasteiger partial charge in [0.1, 0.15) is 15.1 Å². The molecule has 1 aromatic heterocycles. The molecule has 0 fully saturated rings. The summed E-state index contributed by atoms with van der Waals surface area (Å²) in [6, 6.07) is 8.29. The molecular formula is C13H15ClN2OS. The number of methoxy groups -OCH3 is 1. The molecule has 0 radical (unpaired) electrons. The minimum atomic E-state index is 0.239. The minimum absolute atomic E-state index is 0.239. The topological polar surface area (TPSA) is 34.1 Å². The van der Waals surface area contributed by atoms with E-state index in [0.29, 0.717) is 0 Å². The summed E-state index contributed by atoms with van der Waals surface area (Å²) in [4.78, 5) is 4.21. The molecule has 0 saturated heterocycles. The molecule has 0 saturated carbocycles. The number of rotatable bonds is 5. The highest BCUT2D eigenvalue weighted by Gasteiger charge is 2.07. The SMILES string of the molecule is COc1cccc(C(C)NCc2ncc(Cl)s2)c1. The molecule has 2 rings (SSSR count). The number of aromatic nitrogens is 1. The van der Waals surface area contributed by atoms with Gasteiger partial charge in [-0.1, -0.05) is 23.7 Å². The van der Waals surface area contributed by atoms with Crippen molar-refractivity contribution in [3.8, 4) is 5.75 Å². The molecule has 5 heteroatoms. The number of thiazole rings is 1. The van der Waals surface area contributed by atoms with Crippen LogP contribution in [-0.4, -0.2) is 12.1 Å². The Kier molecular flexibility index (Phi) is 4.58. The fourth-order valence-corrected chi connectivity index (χ4v) is 2.55. The van der Waals surface area contributed by atoms with Crippen molar-refractivity contribution >= 4 is 22.9 Å². The zero-order chi connectivity index (χ0) is 13.0. The number of nitrogens with one attached hydrogen (secondary N) is 1. The Labute approximate surface area is 116 Å². The number of halogens is 1. The Morgan fingerprint density at radius 2 is 2.33 bits per heavy atom. The molecule has 0 spiro atoms. The van der Waals surface area contributed by atoms with Crippen LogP contribution in [0, 0.1) is 0 Å². The van der Waals surface area contributed by atoms with E-state index in [2.05, 4.69) is 23.3 Å². The number of nitrogens with zero attached hydrogens (tertiary/aromatic N) is 1. The van der Waals surface area contributed by atoms with Crippen molar-refractivity contribution < 1.29 is 4.74 Å². The van der Waals surface area contributed by atoms with Crippen LogP contribution >= 0.6 is 22.9 Å². The Hall–Kier alpha value is -1.10. The van der Waals surface area contributed by atoms with Gasteiger partial charge in [-0.2, -0.15) is 0 Å². The van der Waals surface area contributed by atoms with Crippen LogP contribution in [0.1, 0.15) is 23.5 Å². The van der Waals surface area contributed by atoms with Gasteiger partial charge in [0.15, 0.2) is 0 Å². The van der Waals surface area contributed by atoms with Crippen molar-refractivity contribution in [2.24, 2.45) is 0 Å². The van der Waals surface area contributed by atoms with E-state index in [1.54, 1.807) is 13.3 Å². The largest absolute Gasteiger partial charge is 0.497 e. The van der Waals surface area contributed by atoms with E-state index in [1.165, 1.54) is 16.9 Å². The molecule has 0 amide bonds. The highest BCUT2D eigenvalue weighted by atomic mass is 35.5. The average Bonchev–Trinajstić information content (AvgIpc) is 2.82. The van der Waals surface area contributed by atoms with Gasteiger partial charge in [-0.15, -0.1) is 11.3 Å². The Morgan fingerprint density at radius 1 is 1.50 bits per heavy atom. The molecule has 0 aliphatic rings. The first-order valence-corrected chi connectivity index (χ1v) is 6.86. The molecule has 3 nitrogen and oxygen atoms in total. The molecule has 1 unspecified atom stereocenters. The van der Waals surface area contributed by atoms with Gasteiger partial charge in [0.05, 0.1) is 13.3 Å². The van der Waals surface area contributed by atoms with Crippen molar-refractivity contribution in [2.45, 2.75) is 19.5 Å². The molecule has 0 aliphatic heterocycles. The maximum atomic E-state index is 5.84. The normalized spacial score (nSPS) is 12.4. The molecule has 1 heterocycles. The van der Waals surface area contributed by atoms with E-state index in [0.717, 1.165) is 21.6 Å². The van der Waals surface area contributed by atoms with Crippen LogP contribution in [0.25, 0.3) is 0 Å². The smallest absolute Gasteiger partial charge is 0.119 e. The fraction of sp³-hybridized carbons (Fsp3) is 0.308. The van der Waals surface area contributed by atoms with Gasteiger partial charge in [0.25, 0.3) is 0 Å². The van der Waals surface area contributed by atoms with Gasteiger partial charge in [0, 0.05) is 12.6 Å². The molecule has 0 aliphatic carbocycles. The lowest BCUT2D eigenvalue weighted by molar-refractivity contribution is 0.413. The highest BCUT2D eigenvalue weighted by molar-refractivity contribution is 7.15. The maximum Gasteiger partial charge on any atom is 0.119 e. The highest BCUT2D eigenvalue weighted by Crippen LogP contribution is 2.21. The zero-order valence-electron chi connectivity index (χ0n) is 10.3. The second-order valence-electron chi connectivity index (χ2n) is 3.94. The molecule has 1 N–H and O–H groups in total. The van der Waals surface area contributed by atoms with Gasteiger partial charge < -0.3 is 10.1 Å². The summed E-state index contributed by atoms with van der Waals surface area (Å²) in [7, 11) is 1.68. The lowest BCUT2D eigenvalue weighted by Gasteiger charge is -2.14. The summed E-state index contributed by atoms with van der Waals surface area (Å²) in [5.41, 5.74) is 1.19. The Balaban J connectivity index is 1.96. The van der Waals surface area contributed by atoms with Crippen molar-refractivity contribution in [3.63, 3.8) is 0 Å². The third-order valence-electron chi connectivity index (χ3n) is 2.68. The zero-order valence-corrected chi connectivity index (χ0v) is 11.9. The van der Waals surface area contributed by atoms with E-state index >= 15 is 0 Å². The number of hydrogen-bond donors (Lipinski definition) is 1. The lowest BCUT2D eigenvalue weighted by atomic mass is 10.1. The van der Waals surface area contributed by atoms with Crippen molar-refractivity contribution in [1.82, 2.24) is 10.3 Å².